The van der Waals surface area contributed by atoms with Crippen molar-refractivity contribution in [1.29, 1.82) is 0 Å². The second-order valence-electron chi connectivity index (χ2n) is 4.01. The highest BCUT2D eigenvalue weighted by Crippen LogP contribution is 2.07. The van der Waals surface area contributed by atoms with Gasteiger partial charge >= 0.3 is 0 Å². The van der Waals surface area contributed by atoms with E-state index >= 15 is 0 Å². The van der Waals surface area contributed by atoms with Gasteiger partial charge in [-0.05, 0) is 24.5 Å². The van der Waals surface area contributed by atoms with Gasteiger partial charge in [0, 0.05) is 0 Å². The number of allylic oxidation sites excluding steroid dienone is 1. The Labute approximate surface area is 97.3 Å². The average molecular weight is 208 g/mol. The van der Waals surface area contributed by atoms with Crippen molar-refractivity contribution in [1.82, 2.24) is 0 Å². The quantitative estimate of drug-likeness (QED) is 0.707. The summed E-state index contributed by atoms with van der Waals surface area (Å²) in [4.78, 5) is 0. The first kappa shape index (κ1) is 10.7. The van der Waals surface area contributed by atoms with Crippen molar-refractivity contribution < 1.29 is 0 Å². The van der Waals surface area contributed by atoms with Crippen LogP contribution in [0.4, 0.5) is 0 Å². The van der Waals surface area contributed by atoms with Crippen LogP contribution in [0, 0.1) is 6.92 Å². The Hall–Kier alpha value is -1.82. The fraction of sp³-hybridized carbons (Fsp3) is 0.125. The summed E-state index contributed by atoms with van der Waals surface area (Å²) in [6.45, 7) is 2.13. The molecule has 0 bridgehead atoms. The molecule has 0 saturated heterocycles. The molecule has 2 aromatic rings. The molecule has 0 radical (unpaired) electrons. The number of rotatable bonds is 3. The van der Waals surface area contributed by atoms with Crippen molar-refractivity contribution >= 4 is 6.08 Å². The van der Waals surface area contributed by atoms with E-state index in [0.29, 0.717) is 0 Å². The highest BCUT2D eigenvalue weighted by molar-refractivity contribution is 5.49. The van der Waals surface area contributed by atoms with Crippen molar-refractivity contribution in [2.24, 2.45) is 0 Å². The molecule has 0 aromatic heterocycles. The second-order valence-corrected chi connectivity index (χ2v) is 4.01. The van der Waals surface area contributed by atoms with Crippen LogP contribution in [-0.2, 0) is 6.42 Å². The minimum atomic E-state index is 0.997. The van der Waals surface area contributed by atoms with Crippen LogP contribution >= 0.6 is 0 Å². The lowest BCUT2D eigenvalue weighted by atomic mass is 10.1. The lowest BCUT2D eigenvalue weighted by molar-refractivity contribution is 1.26. The molecule has 2 aromatic carbocycles. The SMILES string of the molecule is Cc1cccc(CC=Cc2ccccc2)c1. The molecule has 2 rings (SSSR count). The van der Waals surface area contributed by atoms with Gasteiger partial charge in [0.05, 0.1) is 0 Å². The van der Waals surface area contributed by atoms with Gasteiger partial charge in [-0.25, -0.2) is 0 Å². The van der Waals surface area contributed by atoms with Gasteiger partial charge in [-0.3, -0.25) is 0 Å². The predicted octanol–water partition coefficient (Wildman–Crippen LogP) is 4.25. The zero-order valence-electron chi connectivity index (χ0n) is 9.56. The van der Waals surface area contributed by atoms with Crippen LogP contribution in [0.5, 0.6) is 0 Å². The zero-order valence-corrected chi connectivity index (χ0v) is 9.56. The third-order valence-electron chi connectivity index (χ3n) is 2.55. The number of hydrogen-bond donors (Lipinski definition) is 0. The van der Waals surface area contributed by atoms with Gasteiger partial charge in [-0.2, -0.15) is 0 Å². The Morgan fingerprint density at radius 2 is 1.75 bits per heavy atom. The maximum atomic E-state index is 2.23. The van der Waals surface area contributed by atoms with E-state index in [0.717, 1.165) is 6.42 Å². The Kier molecular flexibility index (Phi) is 3.55. The molecule has 80 valence electrons. The summed E-state index contributed by atoms with van der Waals surface area (Å²) in [7, 11) is 0. The molecule has 0 saturated carbocycles. The third-order valence-corrected chi connectivity index (χ3v) is 2.55. The zero-order chi connectivity index (χ0) is 11.2. The van der Waals surface area contributed by atoms with E-state index in [-0.39, 0.29) is 0 Å². The lowest BCUT2D eigenvalue weighted by Crippen LogP contribution is -1.81. The normalized spacial score (nSPS) is 10.8. The van der Waals surface area contributed by atoms with Gasteiger partial charge in [-0.1, -0.05) is 72.3 Å². The summed E-state index contributed by atoms with van der Waals surface area (Å²) in [5.74, 6) is 0. The predicted molar refractivity (Wildman–Crippen MR) is 70.4 cm³/mol. The molecule has 0 heteroatoms. The monoisotopic (exact) mass is 208 g/mol. The van der Waals surface area contributed by atoms with Gasteiger partial charge in [0.25, 0.3) is 0 Å². The van der Waals surface area contributed by atoms with Crippen molar-refractivity contribution in [2.75, 3.05) is 0 Å². The molecule has 0 amide bonds. The van der Waals surface area contributed by atoms with Crippen molar-refractivity contribution in [3.8, 4) is 0 Å². The summed E-state index contributed by atoms with van der Waals surface area (Å²) in [6.07, 6.45) is 5.38. The van der Waals surface area contributed by atoms with E-state index in [4.69, 9.17) is 0 Å². The molecule has 0 fully saturated rings. The number of aryl methyl sites for hydroxylation is 1. The van der Waals surface area contributed by atoms with E-state index in [1.165, 1.54) is 16.7 Å². The number of benzene rings is 2. The summed E-state index contributed by atoms with van der Waals surface area (Å²) in [5, 5.41) is 0. The van der Waals surface area contributed by atoms with Gasteiger partial charge < -0.3 is 0 Å². The van der Waals surface area contributed by atoms with Gasteiger partial charge in [0.15, 0.2) is 0 Å². The first-order valence-electron chi connectivity index (χ1n) is 5.62. The Bertz CT molecular complexity index is 466. The maximum absolute atomic E-state index is 2.23. The summed E-state index contributed by atoms with van der Waals surface area (Å²) >= 11 is 0. The fourth-order valence-electron chi connectivity index (χ4n) is 1.73. The first-order valence-corrected chi connectivity index (χ1v) is 5.62. The maximum Gasteiger partial charge on any atom is -0.00940 e. The van der Waals surface area contributed by atoms with Gasteiger partial charge in [-0.15, -0.1) is 0 Å². The molecule has 0 atom stereocenters. The molecule has 16 heavy (non-hydrogen) atoms. The van der Waals surface area contributed by atoms with Gasteiger partial charge in [0.1, 0.15) is 0 Å². The van der Waals surface area contributed by atoms with E-state index in [9.17, 15) is 0 Å². The van der Waals surface area contributed by atoms with Crippen LogP contribution in [0.3, 0.4) is 0 Å². The average Bonchev–Trinajstić information content (AvgIpc) is 2.30. The Balaban J connectivity index is 2.00. The molecule has 0 spiro atoms. The van der Waals surface area contributed by atoms with Crippen molar-refractivity contribution in [2.45, 2.75) is 13.3 Å². The van der Waals surface area contributed by atoms with Crippen LogP contribution in [0.15, 0.2) is 60.7 Å². The fourth-order valence-corrected chi connectivity index (χ4v) is 1.73. The first-order chi connectivity index (χ1) is 7.84. The minimum absolute atomic E-state index is 0.997. The Morgan fingerprint density at radius 1 is 0.938 bits per heavy atom. The molecule has 0 nitrogen and oxygen atoms in total. The van der Waals surface area contributed by atoms with Crippen LogP contribution in [0.2, 0.25) is 0 Å². The Morgan fingerprint density at radius 3 is 2.50 bits per heavy atom. The molecule has 0 aliphatic rings. The minimum Gasteiger partial charge on any atom is -0.0795 e. The summed E-state index contributed by atoms with van der Waals surface area (Å²) < 4.78 is 0. The van der Waals surface area contributed by atoms with E-state index in [1.807, 2.05) is 6.07 Å². The molecule has 0 unspecified atom stereocenters. The molecule has 0 heterocycles. The van der Waals surface area contributed by atoms with E-state index in [2.05, 4.69) is 67.6 Å². The molecule has 0 aliphatic carbocycles. The smallest absolute Gasteiger partial charge is 0.00940 e. The standard InChI is InChI=1S/C16H16/c1-14-7-5-11-16(13-14)12-6-10-15-8-3-2-4-9-15/h2-11,13H,12H2,1H3. The third kappa shape index (κ3) is 3.09. The topological polar surface area (TPSA) is 0 Å². The van der Waals surface area contributed by atoms with Crippen LogP contribution in [-0.4, -0.2) is 0 Å². The van der Waals surface area contributed by atoms with Crippen LogP contribution < -0.4 is 0 Å². The van der Waals surface area contributed by atoms with Crippen LogP contribution in [0.25, 0.3) is 6.08 Å². The molecular formula is C16H16. The largest absolute Gasteiger partial charge is 0.0795 e. The molecule has 0 aliphatic heterocycles. The lowest BCUT2D eigenvalue weighted by Gasteiger charge is -1.98. The highest BCUT2D eigenvalue weighted by Gasteiger charge is 1.89. The second kappa shape index (κ2) is 5.32. The molecular weight excluding hydrogens is 192 g/mol. The van der Waals surface area contributed by atoms with Crippen molar-refractivity contribution in [3.63, 3.8) is 0 Å². The van der Waals surface area contributed by atoms with Crippen molar-refractivity contribution in [3.05, 3.63) is 77.4 Å². The number of hydrogen-bond acceptors (Lipinski definition) is 0. The van der Waals surface area contributed by atoms with Crippen LogP contribution in [0.1, 0.15) is 16.7 Å². The van der Waals surface area contributed by atoms with E-state index < -0.39 is 0 Å². The highest BCUT2D eigenvalue weighted by atomic mass is 14.0. The van der Waals surface area contributed by atoms with Gasteiger partial charge in [0.2, 0.25) is 0 Å². The molecule has 0 N–H and O–H groups in total. The summed E-state index contributed by atoms with van der Waals surface area (Å²) in [5.41, 5.74) is 3.95. The summed E-state index contributed by atoms with van der Waals surface area (Å²) in [6, 6.07) is 19.0. The van der Waals surface area contributed by atoms with E-state index in [1.54, 1.807) is 0 Å².